The van der Waals surface area contributed by atoms with Gasteiger partial charge in [-0.3, -0.25) is 15.5 Å². The van der Waals surface area contributed by atoms with Crippen molar-refractivity contribution < 1.29 is 9.34 Å². The summed E-state index contributed by atoms with van der Waals surface area (Å²) >= 11 is 0. The van der Waals surface area contributed by atoms with E-state index in [2.05, 4.69) is 10.5 Å². The van der Waals surface area contributed by atoms with E-state index < -0.39 is 4.92 Å². The second-order valence-electron chi connectivity index (χ2n) is 3.57. The zero-order valence-electron chi connectivity index (χ0n) is 9.89. The van der Waals surface area contributed by atoms with E-state index in [9.17, 15) is 10.1 Å². The molecule has 0 amide bonds. The molecule has 0 aliphatic heterocycles. The predicted octanol–water partition coefficient (Wildman–Crippen LogP) is 3.30. The van der Waals surface area contributed by atoms with Crippen LogP contribution < -0.4 is 5.43 Å². The molecule has 0 fully saturated rings. The number of hydrazone groups is 1. The summed E-state index contributed by atoms with van der Waals surface area (Å²) in [5, 5.41) is 14.4. The molecule has 0 spiro atoms. The van der Waals surface area contributed by atoms with Crippen LogP contribution in [0.2, 0.25) is 0 Å². The number of furan rings is 1. The summed E-state index contributed by atoms with van der Waals surface area (Å²) in [5.74, 6) is 0.738. The number of allylic oxidation sites excluding steroid dienone is 1. The van der Waals surface area contributed by atoms with Gasteiger partial charge >= 0.3 is 0 Å². The molecule has 1 N–H and O–H groups in total. The highest BCUT2D eigenvalue weighted by Gasteiger charge is 2.02. The summed E-state index contributed by atoms with van der Waals surface area (Å²) < 4.78 is 5.10. The highest BCUT2D eigenvalue weighted by molar-refractivity contribution is 5.78. The maximum absolute atomic E-state index is 10.5. The molecule has 96 valence electrons. The third-order valence-electron chi connectivity index (χ3n) is 2.24. The van der Waals surface area contributed by atoms with Gasteiger partial charge in [0.1, 0.15) is 5.76 Å². The van der Waals surface area contributed by atoms with Crippen LogP contribution in [-0.2, 0) is 0 Å². The van der Waals surface area contributed by atoms with Crippen molar-refractivity contribution >= 4 is 23.7 Å². The summed E-state index contributed by atoms with van der Waals surface area (Å²) in [6.07, 6.45) is 6.63. The number of hydrogen-bond acceptors (Lipinski definition) is 5. The molecule has 0 atom stereocenters. The van der Waals surface area contributed by atoms with E-state index in [1.807, 2.05) is 6.07 Å². The standard InChI is InChI=1S/C13H11N3O3/c17-16(18)12-7-5-11(6-8-12)15-14-9-1-3-13-4-2-10-19-13/h1-10,15H/b3-1-,14-9?. The molecule has 2 aromatic rings. The lowest BCUT2D eigenvalue weighted by Gasteiger charge is -1.97. The van der Waals surface area contributed by atoms with Crippen molar-refractivity contribution in [3.05, 3.63) is 64.6 Å². The topological polar surface area (TPSA) is 80.7 Å². The minimum Gasteiger partial charge on any atom is -0.465 e. The van der Waals surface area contributed by atoms with Crippen LogP contribution >= 0.6 is 0 Å². The molecule has 1 heterocycles. The first-order valence-corrected chi connectivity index (χ1v) is 5.49. The third kappa shape index (κ3) is 3.81. The fraction of sp³-hybridized carbons (Fsp3) is 0. The molecule has 0 saturated heterocycles. The fourth-order valence-corrected chi connectivity index (χ4v) is 1.34. The van der Waals surface area contributed by atoms with Crippen LogP contribution in [0.4, 0.5) is 11.4 Å². The Morgan fingerprint density at radius 3 is 2.68 bits per heavy atom. The summed E-state index contributed by atoms with van der Waals surface area (Å²) in [6, 6.07) is 9.63. The molecule has 0 unspecified atom stereocenters. The second kappa shape index (κ2) is 6.15. The Hall–Kier alpha value is -2.89. The van der Waals surface area contributed by atoms with Crippen molar-refractivity contribution in [3.63, 3.8) is 0 Å². The van der Waals surface area contributed by atoms with Gasteiger partial charge in [-0.25, -0.2) is 0 Å². The fourth-order valence-electron chi connectivity index (χ4n) is 1.34. The largest absolute Gasteiger partial charge is 0.465 e. The molecule has 1 aromatic heterocycles. The summed E-state index contributed by atoms with van der Waals surface area (Å²) in [6.45, 7) is 0. The van der Waals surface area contributed by atoms with E-state index >= 15 is 0 Å². The Balaban J connectivity index is 1.86. The number of benzene rings is 1. The first-order valence-electron chi connectivity index (χ1n) is 5.49. The van der Waals surface area contributed by atoms with E-state index in [0.29, 0.717) is 5.69 Å². The first-order chi connectivity index (χ1) is 9.25. The number of nitro benzene ring substituents is 1. The molecule has 0 aliphatic rings. The number of non-ortho nitro benzene ring substituents is 1. The van der Waals surface area contributed by atoms with Gasteiger partial charge in [0.25, 0.3) is 5.69 Å². The molecule has 0 saturated carbocycles. The Labute approximate surface area is 109 Å². The average Bonchev–Trinajstić information content (AvgIpc) is 2.92. The Morgan fingerprint density at radius 1 is 1.26 bits per heavy atom. The van der Waals surface area contributed by atoms with Gasteiger partial charge in [0.2, 0.25) is 0 Å². The lowest BCUT2D eigenvalue weighted by atomic mass is 10.3. The quantitative estimate of drug-likeness (QED) is 0.506. The average molecular weight is 257 g/mol. The van der Waals surface area contributed by atoms with Crippen LogP contribution in [0.3, 0.4) is 0 Å². The second-order valence-corrected chi connectivity index (χ2v) is 3.57. The zero-order valence-corrected chi connectivity index (χ0v) is 9.89. The van der Waals surface area contributed by atoms with Crippen molar-refractivity contribution in [1.29, 1.82) is 0 Å². The van der Waals surface area contributed by atoms with Crippen molar-refractivity contribution in [2.75, 3.05) is 5.43 Å². The maximum Gasteiger partial charge on any atom is 0.269 e. The van der Waals surface area contributed by atoms with Gasteiger partial charge in [-0.2, -0.15) is 5.10 Å². The minimum atomic E-state index is -0.445. The minimum absolute atomic E-state index is 0.0484. The van der Waals surface area contributed by atoms with E-state index in [1.165, 1.54) is 12.1 Å². The van der Waals surface area contributed by atoms with Crippen LogP contribution in [0.25, 0.3) is 6.08 Å². The number of hydrogen-bond donors (Lipinski definition) is 1. The Morgan fingerprint density at radius 2 is 2.05 bits per heavy atom. The monoisotopic (exact) mass is 257 g/mol. The molecule has 6 heteroatoms. The predicted molar refractivity (Wildman–Crippen MR) is 73.0 cm³/mol. The number of anilines is 1. The van der Waals surface area contributed by atoms with Crippen LogP contribution in [0.5, 0.6) is 0 Å². The van der Waals surface area contributed by atoms with E-state index in [4.69, 9.17) is 4.42 Å². The van der Waals surface area contributed by atoms with Crippen molar-refractivity contribution in [3.8, 4) is 0 Å². The van der Waals surface area contributed by atoms with E-state index in [0.717, 1.165) is 5.76 Å². The first kappa shape index (κ1) is 12.6. The third-order valence-corrected chi connectivity index (χ3v) is 2.24. The number of nitrogens with zero attached hydrogens (tertiary/aromatic N) is 2. The van der Waals surface area contributed by atoms with E-state index in [1.54, 1.807) is 42.8 Å². The molecule has 2 rings (SSSR count). The van der Waals surface area contributed by atoms with Gasteiger partial charge in [0.15, 0.2) is 0 Å². The van der Waals surface area contributed by atoms with E-state index in [-0.39, 0.29) is 5.69 Å². The molecule has 0 bridgehead atoms. The smallest absolute Gasteiger partial charge is 0.269 e. The summed E-state index contributed by atoms with van der Waals surface area (Å²) in [7, 11) is 0. The van der Waals surface area contributed by atoms with Crippen molar-refractivity contribution in [2.45, 2.75) is 0 Å². The van der Waals surface area contributed by atoms with Gasteiger partial charge < -0.3 is 4.42 Å². The molecule has 6 nitrogen and oxygen atoms in total. The number of rotatable bonds is 5. The maximum atomic E-state index is 10.5. The van der Waals surface area contributed by atoms with Gasteiger partial charge in [-0.15, -0.1) is 0 Å². The molecule has 0 radical (unpaired) electrons. The van der Waals surface area contributed by atoms with Crippen LogP contribution in [0.15, 0.2) is 58.3 Å². The normalized spacial score (nSPS) is 11.2. The lowest BCUT2D eigenvalue weighted by molar-refractivity contribution is -0.384. The van der Waals surface area contributed by atoms with Crippen LogP contribution in [0, 0.1) is 10.1 Å². The van der Waals surface area contributed by atoms with Crippen molar-refractivity contribution in [2.24, 2.45) is 5.10 Å². The number of nitrogens with one attached hydrogen (secondary N) is 1. The molecule has 1 aromatic carbocycles. The Kier molecular flexibility index (Phi) is 4.07. The zero-order chi connectivity index (χ0) is 13.5. The van der Waals surface area contributed by atoms with Gasteiger partial charge in [0.05, 0.1) is 16.9 Å². The van der Waals surface area contributed by atoms with Crippen LogP contribution in [0.1, 0.15) is 5.76 Å². The lowest BCUT2D eigenvalue weighted by Crippen LogP contribution is -1.90. The Bertz CT molecular complexity index is 586. The summed E-state index contributed by atoms with van der Waals surface area (Å²) in [4.78, 5) is 10.0. The van der Waals surface area contributed by atoms with Gasteiger partial charge in [-0.05, 0) is 36.4 Å². The van der Waals surface area contributed by atoms with Gasteiger partial charge in [0, 0.05) is 18.3 Å². The van der Waals surface area contributed by atoms with Gasteiger partial charge in [-0.1, -0.05) is 0 Å². The van der Waals surface area contributed by atoms with Crippen molar-refractivity contribution in [1.82, 2.24) is 0 Å². The number of nitro groups is 1. The molecular formula is C13H11N3O3. The highest BCUT2D eigenvalue weighted by atomic mass is 16.6. The molecular weight excluding hydrogens is 246 g/mol. The highest BCUT2D eigenvalue weighted by Crippen LogP contribution is 2.15. The van der Waals surface area contributed by atoms with Crippen LogP contribution in [-0.4, -0.2) is 11.1 Å². The summed E-state index contributed by atoms with van der Waals surface area (Å²) in [5.41, 5.74) is 3.48. The molecule has 0 aliphatic carbocycles. The SMILES string of the molecule is O=[N+]([O-])c1ccc(NN=C/C=C\c2ccco2)cc1. The molecule has 19 heavy (non-hydrogen) atoms.